The number of ether oxygens (including phenoxy) is 1. The first-order valence-corrected chi connectivity index (χ1v) is 9.34. The number of hydrogen-bond donors (Lipinski definition) is 1. The highest BCUT2D eigenvalue weighted by molar-refractivity contribution is 7.98. The van der Waals surface area contributed by atoms with Crippen molar-refractivity contribution >= 4 is 23.4 Å². The molecule has 0 aliphatic carbocycles. The molecule has 2 aromatic rings. The summed E-state index contributed by atoms with van der Waals surface area (Å²) in [6.45, 7) is 2.84. The third kappa shape index (κ3) is 4.41. The van der Waals surface area contributed by atoms with E-state index in [1.165, 1.54) is 17.8 Å². The first-order chi connectivity index (χ1) is 12.1. The maximum Gasteiger partial charge on any atom is 0.256 e. The number of nitrogens with zero attached hydrogens (tertiary/aromatic N) is 2. The quantitative estimate of drug-likeness (QED) is 0.614. The van der Waals surface area contributed by atoms with Gasteiger partial charge in [-0.3, -0.25) is 9.69 Å². The largest absolute Gasteiger partial charge is 0.383 e. The highest BCUT2D eigenvalue weighted by atomic mass is 35.5. The summed E-state index contributed by atoms with van der Waals surface area (Å²) in [5, 5.41) is 0.870. The Morgan fingerprint density at radius 1 is 1.48 bits per heavy atom. The summed E-state index contributed by atoms with van der Waals surface area (Å²) in [7, 11) is 1.66. The Labute approximate surface area is 154 Å². The molecule has 1 aliphatic heterocycles. The minimum absolute atomic E-state index is 0.130. The number of aromatic amines is 1. The number of hydrogen-bond acceptors (Lipinski definition) is 5. The molecule has 1 N–H and O–H groups in total. The third-order valence-electron chi connectivity index (χ3n) is 4.15. The zero-order chi connectivity index (χ0) is 17.8. The lowest BCUT2D eigenvalue weighted by atomic mass is 10.1. The van der Waals surface area contributed by atoms with Crippen molar-refractivity contribution in [2.24, 2.45) is 0 Å². The zero-order valence-electron chi connectivity index (χ0n) is 13.8. The molecule has 5 nitrogen and oxygen atoms in total. The van der Waals surface area contributed by atoms with Gasteiger partial charge in [-0.25, -0.2) is 9.37 Å². The van der Waals surface area contributed by atoms with Crippen LogP contribution in [0.4, 0.5) is 4.39 Å². The van der Waals surface area contributed by atoms with Gasteiger partial charge in [0.2, 0.25) is 0 Å². The number of aromatic nitrogens is 2. The summed E-state index contributed by atoms with van der Waals surface area (Å²) < 4.78 is 18.9. The monoisotopic (exact) mass is 383 g/mol. The minimum Gasteiger partial charge on any atom is -0.383 e. The van der Waals surface area contributed by atoms with Crippen molar-refractivity contribution in [2.45, 2.75) is 23.9 Å². The normalized spacial score (nSPS) is 14.5. The van der Waals surface area contributed by atoms with Crippen LogP contribution in [0.1, 0.15) is 16.8 Å². The summed E-state index contributed by atoms with van der Waals surface area (Å²) in [6.07, 6.45) is 0.719. The number of H-pyrrole nitrogens is 1. The molecule has 0 bridgehead atoms. The molecule has 1 aliphatic rings. The Bertz CT molecular complexity index is 795. The molecule has 0 unspecified atom stereocenters. The average molecular weight is 384 g/mol. The molecule has 2 heterocycles. The maximum atomic E-state index is 13.8. The summed E-state index contributed by atoms with van der Waals surface area (Å²) >= 11 is 7.32. The van der Waals surface area contributed by atoms with Gasteiger partial charge in [0.25, 0.3) is 5.56 Å². The first kappa shape index (κ1) is 18.4. The van der Waals surface area contributed by atoms with Crippen molar-refractivity contribution in [3.05, 3.63) is 56.2 Å². The van der Waals surface area contributed by atoms with E-state index in [1.54, 1.807) is 19.2 Å². The second kappa shape index (κ2) is 8.31. The third-order valence-corrected chi connectivity index (χ3v) is 5.41. The van der Waals surface area contributed by atoms with Gasteiger partial charge in [0.15, 0.2) is 5.16 Å². The van der Waals surface area contributed by atoms with Crippen molar-refractivity contribution in [1.82, 2.24) is 14.9 Å². The smallest absolute Gasteiger partial charge is 0.256 e. The van der Waals surface area contributed by atoms with Crippen molar-refractivity contribution < 1.29 is 9.13 Å². The number of benzene rings is 1. The number of halogens is 2. The fourth-order valence-electron chi connectivity index (χ4n) is 2.75. The number of fused-ring (bicyclic) bond motifs is 1. The van der Waals surface area contributed by atoms with Crippen molar-refractivity contribution in [3.8, 4) is 0 Å². The molecule has 1 aromatic carbocycles. The highest BCUT2D eigenvalue weighted by Gasteiger charge is 2.21. The van der Waals surface area contributed by atoms with E-state index in [9.17, 15) is 9.18 Å². The number of methoxy groups -OCH3 is 1. The van der Waals surface area contributed by atoms with E-state index >= 15 is 0 Å². The second-order valence-corrected chi connectivity index (χ2v) is 7.18. The molecule has 0 spiro atoms. The lowest BCUT2D eigenvalue weighted by Gasteiger charge is -2.27. The van der Waals surface area contributed by atoms with Crippen LogP contribution < -0.4 is 5.56 Å². The van der Waals surface area contributed by atoms with E-state index in [4.69, 9.17) is 16.3 Å². The molecular formula is C17H19ClFN3O2S. The van der Waals surface area contributed by atoms with Crippen LogP contribution in [-0.2, 0) is 23.5 Å². The van der Waals surface area contributed by atoms with Gasteiger partial charge in [-0.05, 0) is 12.1 Å². The number of nitrogens with one attached hydrogen (secondary N) is 1. The van der Waals surface area contributed by atoms with Crippen molar-refractivity contribution in [2.75, 3.05) is 26.8 Å². The molecule has 0 atom stereocenters. The fraction of sp³-hybridized carbons (Fsp3) is 0.412. The minimum atomic E-state index is -0.353. The molecule has 1 aromatic heterocycles. The van der Waals surface area contributed by atoms with Gasteiger partial charge in [-0.15, -0.1) is 0 Å². The Morgan fingerprint density at radius 2 is 2.32 bits per heavy atom. The number of rotatable bonds is 6. The molecule has 25 heavy (non-hydrogen) atoms. The molecule has 0 fully saturated rings. The predicted molar refractivity (Wildman–Crippen MR) is 96.7 cm³/mol. The van der Waals surface area contributed by atoms with Crippen molar-refractivity contribution in [1.29, 1.82) is 0 Å². The van der Waals surface area contributed by atoms with E-state index in [2.05, 4.69) is 14.9 Å². The second-order valence-electron chi connectivity index (χ2n) is 5.80. The summed E-state index contributed by atoms with van der Waals surface area (Å²) in [5.41, 5.74) is 1.81. The van der Waals surface area contributed by atoms with Gasteiger partial charge in [0.1, 0.15) is 5.82 Å². The predicted octanol–water partition coefficient (Wildman–Crippen LogP) is 2.86. The van der Waals surface area contributed by atoms with Crippen LogP contribution in [0.25, 0.3) is 0 Å². The highest BCUT2D eigenvalue weighted by Crippen LogP contribution is 2.27. The maximum absolute atomic E-state index is 13.8. The molecule has 134 valence electrons. The lowest BCUT2D eigenvalue weighted by Crippen LogP contribution is -2.37. The first-order valence-electron chi connectivity index (χ1n) is 7.97. The van der Waals surface area contributed by atoms with E-state index in [0.29, 0.717) is 40.2 Å². The summed E-state index contributed by atoms with van der Waals surface area (Å²) in [4.78, 5) is 21.9. The van der Waals surface area contributed by atoms with Crippen LogP contribution in [0, 0.1) is 5.82 Å². The molecule has 3 rings (SSSR count). The van der Waals surface area contributed by atoms with E-state index in [1.807, 2.05) is 0 Å². The molecular weight excluding hydrogens is 365 g/mol. The lowest BCUT2D eigenvalue weighted by molar-refractivity contribution is 0.139. The standard InChI is InChI=1S/C17H19ClFN3O2S/c1-24-8-7-22-6-5-15-11(9-22)16(23)21-17(20-15)25-10-12-13(18)3-2-4-14(12)19/h2-4H,5-10H2,1H3,(H,20,21,23). The van der Waals surface area contributed by atoms with Crippen LogP contribution in [0.15, 0.2) is 28.2 Å². The van der Waals surface area contributed by atoms with E-state index in [-0.39, 0.29) is 11.4 Å². The van der Waals surface area contributed by atoms with Gasteiger partial charge < -0.3 is 9.72 Å². The van der Waals surface area contributed by atoms with Gasteiger partial charge in [0, 0.05) is 49.5 Å². The van der Waals surface area contributed by atoms with Gasteiger partial charge in [-0.2, -0.15) is 0 Å². The number of thioether (sulfide) groups is 1. The van der Waals surface area contributed by atoms with E-state index in [0.717, 1.165) is 25.2 Å². The van der Waals surface area contributed by atoms with Crippen LogP contribution in [0.5, 0.6) is 0 Å². The average Bonchev–Trinajstić information content (AvgIpc) is 2.60. The summed E-state index contributed by atoms with van der Waals surface area (Å²) in [6, 6.07) is 4.59. The Morgan fingerprint density at radius 3 is 3.08 bits per heavy atom. The Balaban J connectivity index is 1.73. The topological polar surface area (TPSA) is 58.2 Å². The zero-order valence-corrected chi connectivity index (χ0v) is 15.4. The molecule has 8 heteroatoms. The van der Waals surface area contributed by atoms with Crippen LogP contribution in [0.2, 0.25) is 5.02 Å². The molecule has 0 amide bonds. The van der Waals surface area contributed by atoms with Crippen LogP contribution in [0.3, 0.4) is 0 Å². The van der Waals surface area contributed by atoms with Crippen LogP contribution in [-0.4, -0.2) is 41.7 Å². The Kier molecular flexibility index (Phi) is 6.11. The molecule has 0 saturated heterocycles. The molecule has 0 saturated carbocycles. The molecule has 0 radical (unpaired) electrons. The van der Waals surface area contributed by atoms with Gasteiger partial charge in [0.05, 0.1) is 17.9 Å². The van der Waals surface area contributed by atoms with Gasteiger partial charge >= 0.3 is 0 Å². The summed E-state index contributed by atoms with van der Waals surface area (Å²) in [5.74, 6) is -0.0400. The van der Waals surface area contributed by atoms with Gasteiger partial charge in [-0.1, -0.05) is 29.4 Å². The van der Waals surface area contributed by atoms with E-state index < -0.39 is 0 Å². The SMILES string of the molecule is COCCN1CCc2nc(SCc3c(F)cccc3Cl)[nH]c(=O)c2C1. The van der Waals surface area contributed by atoms with Crippen LogP contribution >= 0.6 is 23.4 Å². The Hall–Kier alpha value is -1.41. The fourth-order valence-corrected chi connectivity index (χ4v) is 3.97. The van der Waals surface area contributed by atoms with Crippen molar-refractivity contribution in [3.63, 3.8) is 0 Å².